The average molecular weight is 288 g/mol. The molecule has 4 nitrogen and oxygen atoms in total. The summed E-state index contributed by atoms with van der Waals surface area (Å²) in [6, 6.07) is 8.13. The molecule has 0 aromatic heterocycles. The predicted molar refractivity (Wildman–Crippen MR) is 83.8 cm³/mol. The van der Waals surface area contributed by atoms with E-state index in [1.165, 1.54) is 5.56 Å². The van der Waals surface area contributed by atoms with Gasteiger partial charge in [0.2, 0.25) is 0 Å². The number of aliphatic hydroxyl groups is 1. The van der Waals surface area contributed by atoms with Gasteiger partial charge in [-0.25, -0.2) is 0 Å². The van der Waals surface area contributed by atoms with Crippen LogP contribution >= 0.6 is 0 Å². The average Bonchev–Trinajstić information content (AvgIpc) is 2.45. The molecule has 0 bridgehead atoms. The van der Waals surface area contributed by atoms with Crippen LogP contribution in [0.1, 0.15) is 24.0 Å². The fourth-order valence-electron chi connectivity index (χ4n) is 2.79. The molecular formula is C17H24N2O2. The molecule has 2 N–H and O–H groups in total. The van der Waals surface area contributed by atoms with Crippen LogP contribution in [-0.4, -0.2) is 41.1 Å². The number of hydrogen-bond acceptors (Lipinski definition) is 3. The third-order valence-electron chi connectivity index (χ3n) is 3.87. The molecule has 1 atom stereocenters. The zero-order valence-electron chi connectivity index (χ0n) is 12.6. The van der Waals surface area contributed by atoms with E-state index >= 15 is 0 Å². The Morgan fingerprint density at radius 2 is 2.33 bits per heavy atom. The summed E-state index contributed by atoms with van der Waals surface area (Å²) in [5.41, 5.74) is 0.997. The lowest BCUT2D eigenvalue weighted by Gasteiger charge is -2.38. The zero-order valence-corrected chi connectivity index (χ0v) is 12.6. The number of amides is 1. The number of carbonyl (C=O) groups excluding carboxylic acids is 1. The van der Waals surface area contributed by atoms with Crippen LogP contribution in [0.4, 0.5) is 0 Å². The Morgan fingerprint density at radius 3 is 3.05 bits per heavy atom. The second kappa shape index (κ2) is 6.87. The van der Waals surface area contributed by atoms with Crippen molar-refractivity contribution in [2.24, 2.45) is 0 Å². The van der Waals surface area contributed by atoms with E-state index in [9.17, 15) is 9.90 Å². The maximum Gasteiger partial charge on any atom is 0.256 e. The van der Waals surface area contributed by atoms with Crippen molar-refractivity contribution in [3.05, 3.63) is 48.0 Å². The Kier molecular flexibility index (Phi) is 5.15. The Bertz CT molecular complexity index is 515. The van der Waals surface area contributed by atoms with Crippen LogP contribution in [0.15, 0.2) is 36.9 Å². The number of carbonyl (C=O) groups is 1. The molecule has 0 unspecified atom stereocenters. The minimum atomic E-state index is -1.29. The van der Waals surface area contributed by atoms with Gasteiger partial charge < -0.3 is 15.3 Å². The SMILES string of the molecule is C=CCNC[C@]1(O)CCCN(Cc2cccc(C)c2)C1=O. The van der Waals surface area contributed by atoms with Crippen molar-refractivity contribution in [3.63, 3.8) is 0 Å². The van der Waals surface area contributed by atoms with Crippen molar-refractivity contribution in [2.75, 3.05) is 19.6 Å². The molecule has 1 amide bonds. The van der Waals surface area contributed by atoms with Crippen LogP contribution in [0.25, 0.3) is 0 Å². The second-order valence-corrected chi connectivity index (χ2v) is 5.77. The standard InChI is InChI=1S/C17H24N2O2/c1-3-9-18-13-17(21)8-5-10-19(16(17)20)12-15-7-4-6-14(2)11-15/h3-4,6-7,11,18,21H,1,5,8-10,12-13H2,2H3/t17-/m1/s1. The molecule has 0 spiro atoms. The topological polar surface area (TPSA) is 52.6 Å². The van der Waals surface area contributed by atoms with E-state index in [1.807, 2.05) is 25.1 Å². The van der Waals surface area contributed by atoms with Crippen molar-refractivity contribution in [3.8, 4) is 0 Å². The molecule has 114 valence electrons. The van der Waals surface area contributed by atoms with Gasteiger partial charge in [-0.15, -0.1) is 6.58 Å². The molecule has 1 heterocycles. The van der Waals surface area contributed by atoms with Gasteiger partial charge in [-0.2, -0.15) is 0 Å². The summed E-state index contributed by atoms with van der Waals surface area (Å²) < 4.78 is 0. The van der Waals surface area contributed by atoms with E-state index in [0.717, 1.165) is 12.0 Å². The second-order valence-electron chi connectivity index (χ2n) is 5.77. The lowest BCUT2D eigenvalue weighted by atomic mass is 9.91. The summed E-state index contributed by atoms with van der Waals surface area (Å²) in [6.45, 7) is 7.80. The zero-order chi connectivity index (χ0) is 15.3. The summed E-state index contributed by atoms with van der Waals surface area (Å²) in [7, 11) is 0. The summed E-state index contributed by atoms with van der Waals surface area (Å²) in [5, 5.41) is 13.6. The van der Waals surface area contributed by atoms with Crippen LogP contribution in [0.5, 0.6) is 0 Å². The predicted octanol–water partition coefficient (Wildman–Crippen LogP) is 1.62. The molecule has 21 heavy (non-hydrogen) atoms. The normalized spacial score (nSPS) is 22.4. The Hall–Kier alpha value is -1.65. The molecule has 1 aromatic carbocycles. The van der Waals surface area contributed by atoms with Gasteiger partial charge in [-0.3, -0.25) is 4.79 Å². The minimum Gasteiger partial charge on any atom is -0.379 e. The molecular weight excluding hydrogens is 264 g/mol. The Morgan fingerprint density at radius 1 is 1.52 bits per heavy atom. The van der Waals surface area contributed by atoms with Gasteiger partial charge in [-0.05, 0) is 25.3 Å². The van der Waals surface area contributed by atoms with Crippen molar-refractivity contribution in [1.29, 1.82) is 0 Å². The van der Waals surface area contributed by atoms with E-state index in [0.29, 0.717) is 26.1 Å². The van der Waals surface area contributed by atoms with Crippen molar-refractivity contribution >= 4 is 5.91 Å². The highest BCUT2D eigenvalue weighted by Crippen LogP contribution is 2.23. The third-order valence-corrected chi connectivity index (χ3v) is 3.87. The maximum absolute atomic E-state index is 12.5. The van der Waals surface area contributed by atoms with Crippen molar-refractivity contribution in [1.82, 2.24) is 10.2 Å². The number of nitrogens with one attached hydrogen (secondary N) is 1. The van der Waals surface area contributed by atoms with E-state index in [4.69, 9.17) is 0 Å². The minimum absolute atomic E-state index is 0.174. The van der Waals surface area contributed by atoms with Crippen LogP contribution in [0.3, 0.4) is 0 Å². The van der Waals surface area contributed by atoms with Gasteiger partial charge in [0.1, 0.15) is 0 Å². The van der Waals surface area contributed by atoms with Crippen LogP contribution < -0.4 is 5.32 Å². The molecule has 1 saturated heterocycles. The number of rotatable bonds is 6. The molecule has 0 radical (unpaired) electrons. The number of nitrogens with zero attached hydrogens (tertiary/aromatic N) is 1. The highest BCUT2D eigenvalue weighted by atomic mass is 16.3. The number of aryl methyl sites for hydroxylation is 1. The monoisotopic (exact) mass is 288 g/mol. The first-order valence-corrected chi connectivity index (χ1v) is 7.44. The summed E-state index contributed by atoms with van der Waals surface area (Å²) >= 11 is 0. The molecule has 1 aromatic rings. The molecule has 1 fully saturated rings. The Balaban J connectivity index is 2.03. The highest BCUT2D eigenvalue weighted by Gasteiger charge is 2.41. The molecule has 2 rings (SSSR count). The van der Waals surface area contributed by atoms with Crippen molar-refractivity contribution < 1.29 is 9.90 Å². The van der Waals surface area contributed by atoms with E-state index in [2.05, 4.69) is 18.0 Å². The molecule has 4 heteroatoms. The third kappa shape index (κ3) is 3.93. The number of hydrogen-bond donors (Lipinski definition) is 2. The fourth-order valence-corrected chi connectivity index (χ4v) is 2.79. The first-order chi connectivity index (χ1) is 10.0. The highest BCUT2D eigenvalue weighted by molar-refractivity contribution is 5.86. The lowest BCUT2D eigenvalue weighted by molar-refractivity contribution is -0.157. The van der Waals surface area contributed by atoms with Gasteiger partial charge >= 0.3 is 0 Å². The summed E-state index contributed by atoms with van der Waals surface area (Å²) in [5.74, 6) is -0.174. The molecule has 0 saturated carbocycles. The van der Waals surface area contributed by atoms with Crippen molar-refractivity contribution in [2.45, 2.75) is 31.9 Å². The van der Waals surface area contributed by atoms with E-state index < -0.39 is 5.60 Å². The van der Waals surface area contributed by atoms with Gasteiger partial charge in [0.15, 0.2) is 5.60 Å². The van der Waals surface area contributed by atoms with Crippen LogP contribution in [0.2, 0.25) is 0 Å². The summed E-state index contributed by atoms with van der Waals surface area (Å²) in [6.07, 6.45) is 3.06. The fraction of sp³-hybridized carbons (Fsp3) is 0.471. The largest absolute Gasteiger partial charge is 0.379 e. The number of benzene rings is 1. The summed E-state index contributed by atoms with van der Waals surface area (Å²) in [4.78, 5) is 14.3. The van der Waals surface area contributed by atoms with Crippen LogP contribution in [0, 0.1) is 6.92 Å². The maximum atomic E-state index is 12.5. The Labute approximate surface area is 126 Å². The van der Waals surface area contributed by atoms with E-state index in [1.54, 1.807) is 11.0 Å². The van der Waals surface area contributed by atoms with Crippen LogP contribution in [-0.2, 0) is 11.3 Å². The van der Waals surface area contributed by atoms with E-state index in [-0.39, 0.29) is 12.5 Å². The quantitative estimate of drug-likeness (QED) is 0.618. The molecule has 1 aliphatic heterocycles. The number of piperidine rings is 1. The van der Waals surface area contributed by atoms with Gasteiger partial charge in [0.25, 0.3) is 5.91 Å². The first kappa shape index (κ1) is 15.7. The van der Waals surface area contributed by atoms with Gasteiger partial charge in [0.05, 0.1) is 0 Å². The first-order valence-electron chi connectivity index (χ1n) is 7.44. The molecule has 0 aliphatic carbocycles. The molecule has 1 aliphatic rings. The smallest absolute Gasteiger partial charge is 0.256 e. The van der Waals surface area contributed by atoms with Gasteiger partial charge in [-0.1, -0.05) is 35.9 Å². The van der Waals surface area contributed by atoms with Gasteiger partial charge in [0, 0.05) is 26.2 Å². The lowest BCUT2D eigenvalue weighted by Crippen LogP contribution is -2.57. The number of likely N-dealkylation sites (tertiary alicyclic amines) is 1.